The second-order valence-electron chi connectivity index (χ2n) is 4.90. The number of hydrogen-bond donors (Lipinski definition) is 2. The van der Waals surface area contributed by atoms with E-state index in [4.69, 9.17) is 11.5 Å². The molecule has 0 saturated heterocycles. The fourth-order valence-electron chi connectivity index (χ4n) is 2.15. The third-order valence-electron chi connectivity index (χ3n) is 3.33. The van der Waals surface area contributed by atoms with Gasteiger partial charge in [0, 0.05) is 42.8 Å². The average Bonchev–Trinajstić information content (AvgIpc) is 2.58. The third-order valence-corrected chi connectivity index (χ3v) is 3.33. The number of nitrogens with zero attached hydrogens (tertiary/aromatic N) is 4. The van der Waals surface area contributed by atoms with Crippen LogP contribution < -0.4 is 11.5 Å². The molecule has 0 bridgehead atoms. The van der Waals surface area contributed by atoms with Crippen molar-refractivity contribution in [2.45, 2.75) is 13.0 Å². The molecule has 0 radical (unpaired) electrons. The van der Waals surface area contributed by atoms with Gasteiger partial charge in [0.15, 0.2) is 0 Å². The molecule has 0 aliphatic carbocycles. The molecule has 0 saturated carbocycles. The largest absolute Gasteiger partial charge is 0.397 e. The second kappa shape index (κ2) is 6.28. The van der Waals surface area contributed by atoms with Gasteiger partial charge in [-0.1, -0.05) is 0 Å². The Balaban J connectivity index is 1.95. The normalized spacial score (nSPS) is 10.6. The maximum Gasteiger partial charge on any atom is 0.115 e. The van der Waals surface area contributed by atoms with Gasteiger partial charge in [-0.2, -0.15) is 0 Å². The van der Waals surface area contributed by atoms with E-state index in [-0.39, 0.29) is 0 Å². The van der Waals surface area contributed by atoms with Crippen LogP contribution >= 0.6 is 0 Å². The zero-order valence-electron chi connectivity index (χ0n) is 12.0. The van der Waals surface area contributed by atoms with E-state index in [0.717, 1.165) is 28.2 Å². The molecule has 6 heteroatoms. The molecule has 0 aliphatic heterocycles. The summed E-state index contributed by atoms with van der Waals surface area (Å²) >= 11 is 0. The molecule has 0 spiro atoms. The number of nitrogen functional groups attached to an aromatic ring is 1. The molecular formula is C16H16N6. The van der Waals surface area contributed by atoms with Gasteiger partial charge in [0.25, 0.3) is 0 Å². The summed E-state index contributed by atoms with van der Waals surface area (Å²) in [5.74, 6) is 0. The average molecular weight is 292 g/mol. The lowest BCUT2D eigenvalue weighted by Gasteiger charge is -2.08. The summed E-state index contributed by atoms with van der Waals surface area (Å²) in [6.07, 6.45) is 7.31. The first-order chi connectivity index (χ1) is 10.8. The van der Waals surface area contributed by atoms with Crippen LogP contribution in [0.2, 0.25) is 0 Å². The van der Waals surface area contributed by atoms with Gasteiger partial charge in [0.05, 0.1) is 17.1 Å². The Morgan fingerprint density at radius 1 is 1.05 bits per heavy atom. The molecule has 4 N–H and O–H groups in total. The summed E-state index contributed by atoms with van der Waals surface area (Å²) in [6.45, 7) is 0.448. The molecule has 3 rings (SSSR count). The van der Waals surface area contributed by atoms with Crippen molar-refractivity contribution in [3.8, 4) is 11.3 Å². The molecule has 3 aromatic rings. The monoisotopic (exact) mass is 292 g/mol. The molecule has 3 aromatic heterocycles. The zero-order valence-corrected chi connectivity index (χ0v) is 12.0. The summed E-state index contributed by atoms with van der Waals surface area (Å²) in [5.41, 5.74) is 16.7. The van der Waals surface area contributed by atoms with Crippen molar-refractivity contribution in [3.05, 3.63) is 66.1 Å². The molecule has 0 fully saturated rings. The van der Waals surface area contributed by atoms with Crippen molar-refractivity contribution in [1.82, 2.24) is 19.9 Å². The number of rotatable bonds is 4. The molecule has 0 aromatic carbocycles. The molecule has 110 valence electrons. The number of aromatic nitrogens is 4. The summed E-state index contributed by atoms with van der Waals surface area (Å²) < 4.78 is 0. The topological polar surface area (TPSA) is 104 Å². The Morgan fingerprint density at radius 2 is 1.95 bits per heavy atom. The highest BCUT2D eigenvalue weighted by Gasteiger charge is 2.08. The van der Waals surface area contributed by atoms with Crippen molar-refractivity contribution in [1.29, 1.82) is 0 Å². The van der Waals surface area contributed by atoms with Crippen molar-refractivity contribution in [3.63, 3.8) is 0 Å². The van der Waals surface area contributed by atoms with Crippen LogP contribution in [0.4, 0.5) is 5.69 Å². The summed E-state index contributed by atoms with van der Waals surface area (Å²) in [4.78, 5) is 17.0. The minimum Gasteiger partial charge on any atom is -0.397 e. The van der Waals surface area contributed by atoms with Crippen LogP contribution in [-0.4, -0.2) is 19.9 Å². The highest BCUT2D eigenvalue weighted by Crippen LogP contribution is 2.21. The van der Waals surface area contributed by atoms with E-state index >= 15 is 0 Å². The van der Waals surface area contributed by atoms with E-state index < -0.39 is 0 Å². The Kier molecular flexibility index (Phi) is 4.02. The van der Waals surface area contributed by atoms with Crippen LogP contribution in [0.5, 0.6) is 0 Å². The first kappa shape index (κ1) is 14.1. The maximum atomic E-state index is 6.03. The fourth-order valence-corrected chi connectivity index (χ4v) is 2.15. The van der Waals surface area contributed by atoms with Crippen molar-refractivity contribution in [2.24, 2.45) is 5.73 Å². The van der Waals surface area contributed by atoms with Crippen LogP contribution in [0.3, 0.4) is 0 Å². The number of hydrogen-bond acceptors (Lipinski definition) is 6. The van der Waals surface area contributed by atoms with Crippen LogP contribution in [0.1, 0.15) is 17.0 Å². The minimum absolute atomic E-state index is 0.448. The number of nitrogens with two attached hydrogens (primary N) is 2. The van der Waals surface area contributed by atoms with Crippen molar-refractivity contribution in [2.75, 3.05) is 5.73 Å². The lowest BCUT2D eigenvalue weighted by Crippen LogP contribution is -2.02. The van der Waals surface area contributed by atoms with Crippen LogP contribution in [0.15, 0.2) is 49.2 Å². The Labute approximate surface area is 128 Å². The van der Waals surface area contributed by atoms with E-state index in [1.54, 1.807) is 18.6 Å². The summed E-state index contributed by atoms with van der Waals surface area (Å²) in [7, 11) is 0. The molecule has 0 aliphatic rings. The zero-order chi connectivity index (χ0) is 15.4. The van der Waals surface area contributed by atoms with Gasteiger partial charge in [0.2, 0.25) is 0 Å². The molecule has 3 heterocycles. The van der Waals surface area contributed by atoms with Crippen LogP contribution in [0.25, 0.3) is 11.3 Å². The summed E-state index contributed by atoms with van der Waals surface area (Å²) in [6, 6.07) is 7.58. The first-order valence-corrected chi connectivity index (χ1v) is 6.91. The third kappa shape index (κ3) is 3.07. The lowest BCUT2D eigenvalue weighted by molar-refractivity contribution is 0.989. The molecule has 0 unspecified atom stereocenters. The Bertz CT molecular complexity index is 773. The standard InChI is InChI=1S/C16H16N6/c17-7-11-5-12(9-20-8-11)15-2-1-14(18)16(22-15)6-13-3-4-19-10-21-13/h1-5,8-10H,6-7,17-18H2. The Hall–Kier alpha value is -2.86. The lowest BCUT2D eigenvalue weighted by atomic mass is 10.1. The SMILES string of the molecule is NCc1cncc(-c2ccc(N)c(Cc3ccncn3)n2)c1. The molecule has 6 nitrogen and oxygen atoms in total. The van der Waals surface area contributed by atoms with Gasteiger partial charge in [-0.05, 0) is 29.8 Å². The van der Waals surface area contributed by atoms with Crippen LogP contribution in [0, 0.1) is 0 Å². The van der Waals surface area contributed by atoms with Gasteiger partial charge >= 0.3 is 0 Å². The minimum atomic E-state index is 0.448. The van der Waals surface area contributed by atoms with E-state index in [1.807, 2.05) is 24.3 Å². The van der Waals surface area contributed by atoms with E-state index in [9.17, 15) is 0 Å². The van der Waals surface area contributed by atoms with Gasteiger partial charge in [-0.3, -0.25) is 9.97 Å². The molecule has 0 atom stereocenters. The van der Waals surface area contributed by atoms with E-state index in [1.165, 1.54) is 6.33 Å². The first-order valence-electron chi connectivity index (χ1n) is 6.91. The maximum absolute atomic E-state index is 6.03. The van der Waals surface area contributed by atoms with Gasteiger partial charge in [0.1, 0.15) is 6.33 Å². The Morgan fingerprint density at radius 3 is 2.73 bits per heavy atom. The van der Waals surface area contributed by atoms with Crippen molar-refractivity contribution >= 4 is 5.69 Å². The van der Waals surface area contributed by atoms with E-state index in [2.05, 4.69) is 19.9 Å². The smallest absolute Gasteiger partial charge is 0.115 e. The predicted octanol–water partition coefficient (Wildman–Crippen LogP) is 1.57. The molecular weight excluding hydrogens is 276 g/mol. The van der Waals surface area contributed by atoms with Crippen molar-refractivity contribution < 1.29 is 0 Å². The number of anilines is 1. The summed E-state index contributed by atoms with van der Waals surface area (Å²) in [5, 5.41) is 0. The highest BCUT2D eigenvalue weighted by atomic mass is 14.8. The molecule has 22 heavy (non-hydrogen) atoms. The highest BCUT2D eigenvalue weighted by molar-refractivity contribution is 5.62. The van der Waals surface area contributed by atoms with Crippen LogP contribution in [-0.2, 0) is 13.0 Å². The van der Waals surface area contributed by atoms with Gasteiger partial charge in [-0.25, -0.2) is 9.97 Å². The van der Waals surface area contributed by atoms with E-state index in [0.29, 0.717) is 18.7 Å². The quantitative estimate of drug-likeness (QED) is 0.756. The fraction of sp³-hybridized carbons (Fsp3) is 0.125. The number of pyridine rings is 2. The second-order valence-corrected chi connectivity index (χ2v) is 4.90. The van der Waals surface area contributed by atoms with Gasteiger partial charge < -0.3 is 11.5 Å². The predicted molar refractivity (Wildman–Crippen MR) is 84.6 cm³/mol. The van der Waals surface area contributed by atoms with Gasteiger partial charge in [-0.15, -0.1) is 0 Å². The molecule has 0 amide bonds.